The summed E-state index contributed by atoms with van der Waals surface area (Å²) in [6.07, 6.45) is 3.07. The Bertz CT molecular complexity index is 808. The number of rotatable bonds is 7. The molecule has 3 heterocycles. The molecule has 1 aliphatic rings. The van der Waals surface area contributed by atoms with Crippen LogP contribution in [-0.2, 0) is 9.53 Å². The number of hydrogen-bond acceptors (Lipinski definition) is 5. The Balaban J connectivity index is 1.90. The molecule has 0 radical (unpaired) electrons. The van der Waals surface area contributed by atoms with Crippen molar-refractivity contribution in [1.82, 2.24) is 9.38 Å². The summed E-state index contributed by atoms with van der Waals surface area (Å²) in [4.78, 5) is 29.2. The van der Waals surface area contributed by atoms with E-state index in [-0.39, 0.29) is 18.1 Å². The SMILES string of the molecule is CCOc1cccn2c(C(=O)CC(C(=O)O)C3CCOCC3)c(C)nc12. The van der Waals surface area contributed by atoms with Crippen molar-refractivity contribution in [2.24, 2.45) is 11.8 Å². The predicted octanol–water partition coefficient (Wildman–Crippen LogP) is 2.74. The molecular formula is C19H24N2O5. The number of imidazole rings is 1. The zero-order valence-corrected chi connectivity index (χ0v) is 15.1. The zero-order valence-electron chi connectivity index (χ0n) is 15.1. The van der Waals surface area contributed by atoms with Gasteiger partial charge in [-0.15, -0.1) is 0 Å². The van der Waals surface area contributed by atoms with Crippen molar-refractivity contribution in [3.05, 3.63) is 29.7 Å². The van der Waals surface area contributed by atoms with Crippen LogP contribution in [0.25, 0.3) is 5.65 Å². The number of carboxylic acids is 1. The second-order valence-corrected chi connectivity index (χ2v) is 6.57. The number of hydrogen-bond donors (Lipinski definition) is 1. The molecule has 2 aromatic heterocycles. The van der Waals surface area contributed by atoms with Crippen LogP contribution in [0.3, 0.4) is 0 Å². The standard InChI is InChI=1S/C19H24N2O5/c1-3-26-16-5-4-8-21-17(12(2)20-18(16)21)15(22)11-14(19(23)24)13-6-9-25-10-7-13/h4-5,8,13-14H,3,6-7,9-11H2,1-2H3,(H,23,24). The highest BCUT2D eigenvalue weighted by Crippen LogP contribution is 2.29. The number of aromatic nitrogens is 2. The minimum absolute atomic E-state index is 0.0342. The van der Waals surface area contributed by atoms with E-state index in [1.165, 1.54) is 0 Å². The molecular weight excluding hydrogens is 336 g/mol. The van der Waals surface area contributed by atoms with Gasteiger partial charge in [-0.3, -0.25) is 14.0 Å². The summed E-state index contributed by atoms with van der Waals surface area (Å²) in [5.74, 6) is -1.26. The van der Waals surface area contributed by atoms with E-state index < -0.39 is 11.9 Å². The van der Waals surface area contributed by atoms with Crippen molar-refractivity contribution < 1.29 is 24.2 Å². The number of carboxylic acid groups (broad SMARTS) is 1. The summed E-state index contributed by atoms with van der Waals surface area (Å²) < 4.78 is 12.6. The zero-order chi connectivity index (χ0) is 18.7. The molecule has 1 unspecified atom stereocenters. The Kier molecular flexibility index (Phi) is 5.56. The van der Waals surface area contributed by atoms with Gasteiger partial charge in [0.1, 0.15) is 5.69 Å². The van der Waals surface area contributed by atoms with Crippen molar-refractivity contribution in [1.29, 1.82) is 0 Å². The highest BCUT2D eigenvalue weighted by Gasteiger charge is 2.33. The summed E-state index contributed by atoms with van der Waals surface area (Å²) in [6.45, 7) is 5.25. The van der Waals surface area contributed by atoms with Gasteiger partial charge in [-0.2, -0.15) is 0 Å². The van der Waals surface area contributed by atoms with Crippen molar-refractivity contribution in [2.75, 3.05) is 19.8 Å². The summed E-state index contributed by atoms with van der Waals surface area (Å²) in [7, 11) is 0. The van der Waals surface area contributed by atoms with Crippen LogP contribution in [0.15, 0.2) is 18.3 Å². The molecule has 0 aliphatic carbocycles. The van der Waals surface area contributed by atoms with E-state index in [4.69, 9.17) is 9.47 Å². The number of carbonyl (C=O) groups is 2. The van der Waals surface area contributed by atoms with Gasteiger partial charge in [0.25, 0.3) is 0 Å². The second-order valence-electron chi connectivity index (χ2n) is 6.57. The number of ketones is 1. The molecule has 3 rings (SSSR count). The molecule has 0 spiro atoms. The van der Waals surface area contributed by atoms with Gasteiger partial charge in [-0.1, -0.05) is 0 Å². The van der Waals surface area contributed by atoms with Crippen molar-refractivity contribution >= 4 is 17.4 Å². The molecule has 1 N–H and O–H groups in total. The van der Waals surface area contributed by atoms with Crippen LogP contribution in [0, 0.1) is 18.8 Å². The average molecular weight is 360 g/mol. The molecule has 1 fully saturated rings. The highest BCUT2D eigenvalue weighted by atomic mass is 16.5. The van der Waals surface area contributed by atoms with E-state index in [1.807, 2.05) is 13.0 Å². The maximum absolute atomic E-state index is 13.0. The maximum atomic E-state index is 13.0. The number of fused-ring (bicyclic) bond motifs is 1. The Hall–Kier alpha value is -2.41. The monoisotopic (exact) mass is 360 g/mol. The number of carbonyl (C=O) groups excluding carboxylic acids is 1. The molecule has 7 nitrogen and oxygen atoms in total. The molecule has 26 heavy (non-hydrogen) atoms. The van der Waals surface area contributed by atoms with Gasteiger partial charge >= 0.3 is 5.97 Å². The van der Waals surface area contributed by atoms with Crippen molar-refractivity contribution in [3.63, 3.8) is 0 Å². The average Bonchev–Trinajstić information content (AvgIpc) is 2.97. The number of Topliss-reactive ketones (excluding diaryl/α,β-unsaturated/α-hetero) is 1. The van der Waals surface area contributed by atoms with Crippen LogP contribution < -0.4 is 4.74 Å². The minimum Gasteiger partial charge on any atom is -0.490 e. The molecule has 0 aromatic carbocycles. The predicted molar refractivity (Wildman–Crippen MR) is 94.7 cm³/mol. The van der Waals surface area contributed by atoms with Gasteiger partial charge in [-0.25, -0.2) is 4.98 Å². The van der Waals surface area contributed by atoms with Gasteiger partial charge in [0, 0.05) is 25.8 Å². The normalized spacial score (nSPS) is 16.5. The third-order valence-corrected chi connectivity index (χ3v) is 4.91. The van der Waals surface area contributed by atoms with E-state index in [1.54, 1.807) is 23.6 Å². The summed E-state index contributed by atoms with van der Waals surface area (Å²) in [6, 6.07) is 3.60. The first-order valence-corrected chi connectivity index (χ1v) is 8.97. The lowest BCUT2D eigenvalue weighted by atomic mass is 9.82. The Labute approximate surface area is 151 Å². The van der Waals surface area contributed by atoms with Crippen LogP contribution in [-0.4, -0.2) is 46.1 Å². The molecule has 0 bridgehead atoms. The lowest BCUT2D eigenvalue weighted by Gasteiger charge is -2.27. The first-order valence-electron chi connectivity index (χ1n) is 8.97. The van der Waals surface area contributed by atoms with E-state index in [9.17, 15) is 14.7 Å². The van der Waals surface area contributed by atoms with Gasteiger partial charge in [0.2, 0.25) is 0 Å². The van der Waals surface area contributed by atoms with Crippen LogP contribution in [0.4, 0.5) is 0 Å². The van der Waals surface area contributed by atoms with Crippen molar-refractivity contribution in [3.8, 4) is 5.75 Å². The fourth-order valence-electron chi connectivity index (χ4n) is 3.63. The Morgan fingerprint density at radius 3 is 2.81 bits per heavy atom. The molecule has 1 saturated heterocycles. The van der Waals surface area contributed by atoms with Gasteiger partial charge in [0.05, 0.1) is 18.2 Å². The smallest absolute Gasteiger partial charge is 0.307 e. The largest absolute Gasteiger partial charge is 0.490 e. The fraction of sp³-hybridized carbons (Fsp3) is 0.526. The van der Waals surface area contributed by atoms with Crippen LogP contribution in [0.1, 0.15) is 42.4 Å². The number of aliphatic carboxylic acids is 1. The molecule has 0 saturated carbocycles. The van der Waals surface area contributed by atoms with E-state index in [2.05, 4.69) is 4.98 Å². The maximum Gasteiger partial charge on any atom is 0.307 e. The molecule has 7 heteroatoms. The van der Waals surface area contributed by atoms with Gasteiger partial charge < -0.3 is 14.6 Å². The van der Waals surface area contributed by atoms with E-state index in [0.29, 0.717) is 55.4 Å². The summed E-state index contributed by atoms with van der Waals surface area (Å²) in [5.41, 5.74) is 1.59. The third-order valence-electron chi connectivity index (χ3n) is 4.91. The highest BCUT2D eigenvalue weighted by molar-refractivity contribution is 5.98. The first kappa shape index (κ1) is 18.4. The number of aryl methyl sites for hydroxylation is 1. The topological polar surface area (TPSA) is 90.1 Å². The van der Waals surface area contributed by atoms with Crippen molar-refractivity contribution in [2.45, 2.75) is 33.1 Å². The Morgan fingerprint density at radius 2 is 2.15 bits per heavy atom. The van der Waals surface area contributed by atoms with Gasteiger partial charge in [-0.05, 0) is 44.7 Å². The lowest BCUT2D eigenvalue weighted by Crippen LogP contribution is -2.31. The summed E-state index contributed by atoms with van der Waals surface area (Å²) >= 11 is 0. The van der Waals surface area contributed by atoms with E-state index >= 15 is 0 Å². The third kappa shape index (κ3) is 3.58. The number of ether oxygens (including phenoxy) is 2. The molecule has 0 amide bonds. The molecule has 140 valence electrons. The number of nitrogens with zero attached hydrogens (tertiary/aromatic N) is 2. The van der Waals surface area contributed by atoms with Crippen LogP contribution in [0.5, 0.6) is 5.75 Å². The fourth-order valence-corrected chi connectivity index (χ4v) is 3.63. The molecule has 2 aromatic rings. The second kappa shape index (κ2) is 7.86. The van der Waals surface area contributed by atoms with E-state index in [0.717, 1.165) is 0 Å². The molecule has 1 atom stereocenters. The Morgan fingerprint density at radius 1 is 1.42 bits per heavy atom. The summed E-state index contributed by atoms with van der Waals surface area (Å²) in [5, 5.41) is 9.63. The quantitative estimate of drug-likeness (QED) is 0.764. The molecule has 1 aliphatic heterocycles. The van der Waals surface area contributed by atoms with Crippen LogP contribution in [0.2, 0.25) is 0 Å². The first-order chi connectivity index (χ1) is 12.5. The van der Waals surface area contributed by atoms with Crippen LogP contribution >= 0.6 is 0 Å². The minimum atomic E-state index is -0.924. The number of pyridine rings is 1. The lowest BCUT2D eigenvalue weighted by molar-refractivity contribution is -0.144. The van der Waals surface area contributed by atoms with Gasteiger partial charge in [0.15, 0.2) is 17.2 Å².